The van der Waals surface area contributed by atoms with Crippen molar-refractivity contribution in [2.45, 2.75) is 39.5 Å². The molecular formula is C17H27N3O. The number of nitrogens with one attached hydrogen (secondary N) is 1. The molecule has 0 bridgehead atoms. The van der Waals surface area contributed by atoms with E-state index in [4.69, 9.17) is 5.73 Å². The number of likely N-dealkylation sites (tertiary alicyclic amines) is 1. The fourth-order valence-electron chi connectivity index (χ4n) is 3.08. The number of carbonyl (C=O) groups is 1. The molecule has 1 aliphatic heterocycles. The fraction of sp³-hybridized carbons (Fsp3) is 0.588. The van der Waals surface area contributed by atoms with Crippen LogP contribution in [-0.2, 0) is 4.79 Å². The number of hydrogen-bond acceptors (Lipinski definition) is 3. The molecule has 1 aromatic carbocycles. The van der Waals surface area contributed by atoms with Crippen molar-refractivity contribution in [3.05, 3.63) is 23.8 Å². The lowest BCUT2D eigenvalue weighted by Gasteiger charge is -2.31. The Balaban J connectivity index is 1.83. The van der Waals surface area contributed by atoms with Gasteiger partial charge in [0.05, 0.1) is 17.9 Å². The van der Waals surface area contributed by atoms with E-state index >= 15 is 0 Å². The van der Waals surface area contributed by atoms with Crippen molar-refractivity contribution < 1.29 is 4.79 Å². The van der Waals surface area contributed by atoms with Gasteiger partial charge in [-0.2, -0.15) is 0 Å². The smallest absolute Gasteiger partial charge is 0.238 e. The van der Waals surface area contributed by atoms with Gasteiger partial charge in [0.2, 0.25) is 5.91 Å². The number of nitrogen functional groups attached to an aromatic ring is 1. The van der Waals surface area contributed by atoms with Crippen molar-refractivity contribution in [2.24, 2.45) is 5.92 Å². The van der Waals surface area contributed by atoms with Crippen molar-refractivity contribution in [1.82, 2.24) is 4.90 Å². The number of hydrogen-bond donors (Lipinski definition) is 2. The van der Waals surface area contributed by atoms with Crippen LogP contribution in [0.1, 0.15) is 38.2 Å². The summed E-state index contributed by atoms with van der Waals surface area (Å²) in [5, 5.41) is 2.96. The minimum Gasteiger partial charge on any atom is -0.397 e. The Morgan fingerprint density at radius 1 is 1.38 bits per heavy atom. The van der Waals surface area contributed by atoms with Crippen LogP contribution in [0.25, 0.3) is 0 Å². The van der Waals surface area contributed by atoms with Crippen molar-refractivity contribution in [3.63, 3.8) is 0 Å². The lowest BCUT2D eigenvalue weighted by Crippen LogP contribution is -2.39. The topological polar surface area (TPSA) is 58.4 Å². The Bertz CT molecular complexity index is 459. The molecule has 0 unspecified atom stereocenters. The van der Waals surface area contributed by atoms with Crippen molar-refractivity contribution >= 4 is 17.3 Å². The van der Waals surface area contributed by atoms with Gasteiger partial charge in [0.15, 0.2) is 0 Å². The van der Waals surface area contributed by atoms with Crippen LogP contribution in [0.4, 0.5) is 11.4 Å². The molecule has 1 fully saturated rings. The van der Waals surface area contributed by atoms with Gasteiger partial charge in [-0.25, -0.2) is 0 Å². The first-order valence-corrected chi connectivity index (χ1v) is 7.97. The molecule has 21 heavy (non-hydrogen) atoms. The Labute approximate surface area is 127 Å². The molecule has 4 nitrogen and oxygen atoms in total. The number of carbonyl (C=O) groups excluding carboxylic acids is 1. The van der Waals surface area contributed by atoms with E-state index in [0.717, 1.165) is 30.3 Å². The standard InChI is InChI=1S/C17H27N3O/c1-3-5-14-8-10-20(11-9-14)12-16(21)19-17-13(2)6-4-7-15(17)18/h4,6-7,14H,3,5,8-12,18H2,1-2H3,(H,19,21). The maximum absolute atomic E-state index is 12.2. The monoisotopic (exact) mass is 289 g/mol. The molecule has 1 aromatic rings. The number of para-hydroxylation sites is 1. The summed E-state index contributed by atoms with van der Waals surface area (Å²) in [6, 6.07) is 5.68. The second-order valence-corrected chi connectivity index (χ2v) is 6.10. The highest BCUT2D eigenvalue weighted by atomic mass is 16.2. The average molecular weight is 289 g/mol. The molecule has 1 amide bonds. The first-order valence-electron chi connectivity index (χ1n) is 7.97. The summed E-state index contributed by atoms with van der Waals surface area (Å²) in [7, 11) is 0. The summed E-state index contributed by atoms with van der Waals surface area (Å²) in [4.78, 5) is 14.4. The highest BCUT2D eigenvalue weighted by Crippen LogP contribution is 2.23. The summed E-state index contributed by atoms with van der Waals surface area (Å²) in [5.74, 6) is 0.881. The fourth-order valence-corrected chi connectivity index (χ4v) is 3.08. The van der Waals surface area contributed by atoms with Gasteiger partial charge in [-0.1, -0.05) is 31.9 Å². The third kappa shape index (κ3) is 4.46. The van der Waals surface area contributed by atoms with Crippen LogP contribution in [0.5, 0.6) is 0 Å². The molecule has 0 aliphatic carbocycles. The first kappa shape index (κ1) is 15.8. The molecule has 3 N–H and O–H groups in total. The Morgan fingerprint density at radius 2 is 2.10 bits per heavy atom. The van der Waals surface area contributed by atoms with Gasteiger partial charge in [-0.05, 0) is 50.4 Å². The van der Waals surface area contributed by atoms with Crippen LogP contribution >= 0.6 is 0 Å². The maximum Gasteiger partial charge on any atom is 0.238 e. The quantitative estimate of drug-likeness (QED) is 0.819. The summed E-state index contributed by atoms with van der Waals surface area (Å²) in [5.41, 5.74) is 8.31. The molecule has 0 aromatic heterocycles. The van der Waals surface area contributed by atoms with E-state index in [9.17, 15) is 4.79 Å². The Morgan fingerprint density at radius 3 is 2.71 bits per heavy atom. The number of piperidine rings is 1. The summed E-state index contributed by atoms with van der Waals surface area (Å²) >= 11 is 0. The van der Waals surface area contributed by atoms with Gasteiger partial charge in [-0.15, -0.1) is 0 Å². The summed E-state index contributed by atoms with van der Waals surface area (Å²) in [6.45, 7) is 6.73. The Hall–Kier alpha value is -1.55. The minimum absolute atomic E-state index is 0.0324. The molecule has 0 spiro atoms. The molecule has 1 heterocycles. The predicted molar refractivity (Wildman–Crippen MR) is 88.3 cm³/mol. The second kappa shape index (κ2) is 7.46. The molecule has 0 atom stereocenters. The predicted octanol–water partition coefficient (Wildman–Crippen LogP) is 3.03. The van der Waals surface area contributed by atoms with Crippen LogP contribution in [0.15, 0.2) is 18.2 Å². The van der Waals surface area contributed by atoms with E-state index in [1.165, 1.54) is 25.7 Å². The number of benzene rings is 1. The molecular weight excluding hydrogens is 262 g/mol. The lowest BCUT2D eigenvalue weighted by molar-refractivity contribution is -0.117. The number of amides is 1. The average Bonchev–Trinajstić information content (AvgIpc) is 2.45. The summed E-state index contributed by atoms with van der Waals surface area (Å²) < 4.78 is 0. The Kier molecular flexibility index (Phi) is 5.62. The second-order valence-electron chi connectivity index (χ2n) is 6.10. The highest BCUT2D eigenvalue weighted by Gasteiger charge is 2.20. The van der Waals surface area contributed by atoms with E-state index in [1.54, 1.807) is 0 Å². The van der Waals surface area contributed by atoms with Crippen molar-refractivity contribution in [2.75, 3.05) is 30.7 Å². The third-order valence-corrected chi connectivity index (χ3v) is 4.34. The van der Waals surface area contributed by atoms with E-state index in [2.05, 4.69) is 17.1 Å². The molecule has 1 aliphatic rings. The maximum atomic E-state index is 12.2. The lowest BCUT2D eigenvalue weighted by atomic mass is 9.92. The SMILES string of the molecule is CCCC1CCN(CC(=O)Nc2c(C)cccc2N)CC1. The summed E-state index contributed by atoms with van der Waals surface area (Å²) in [6.07, 6.45) is 5.01. The number of nitrogens with zero attached hydrogens (tertiary/aromatic N) is 1. The largest absolute Gasteiger partial charge is 0.397 e. The molecule has 2 rings (SSSR count). The van der Waals surface area contributed by atoms with E-state index in [0.29, 0.717) is 12.2 Å². The normalized spacial score (nSPS) is 16.9. The van der Waals surface area contributed by atoms with Crippen molar-refractivity contribution in [1.29, 1.82) is 0 Å². The molecule has 0 radical (unpaired) electrons. The highest BCUT2D eigenvalue weighted by molar-refractivity contribution is 5.96. The van der Waals surface area contributed by atoms with Gasteiger partial charge in [0.25, 0.3) is 0 Å². The number of anilines is 2. The van der Waals surface area contributed by atoms with Crippen molar-refractivity contribution in [3.8, 4) is 0 Å². The van der Waals surface area contributed by atoms with Gasteiger partial charge in [0.1, 0.15) is 0 Å². The van der Waals surface area contributed by atoms with Gasteiger partial charge >= 0.3 is 0 Å². The number of aryl methyl sites for hydroxylation is 1. The van der Waals surface area contributed by atoms with Crippen LogP contribution < -0.4 is 11.1 Å². The molecule has 116 valence electrons. The molecule has 4 heteroatoms. The van der Waals surface area contributed by atoms with Crippen LogP contribution in [0.2, 0.25) is 0 Å². The molecule has 1 saturated heterocycles. The number of nitrogens with two attached hydrogens (primary N) is 1. The van der Waals surface area contributed by atoms with Crippen LogP contribution in [0, 0.1) is 12.8 Å². The zero-order valence-corrected chi connectivity index (χ0v) is 13.2. The van der Waals surface area contributed by atoms with E-state index in [-0.39, 0.29) is 5.91 Å². The van der Waals surface area contributed by atoms with Gasteiger partial charge < -0.3 is 11.1 Å². The zero-order chi connectivity index (χ0) is 15.2. The van der Waals surface area contributed by atoms with E-state index in [1.807, 2.05) is 25.1 Å². The first-order chi connectivity index (χ1) is 10.1. The molecule has 0 saturated carbocycles. The zero-order valence-electron chi connectivity index (χ0n) is 13.2. The van der Waals surface area contributed by atoms with Gasteiger partial charge in [0, 0.05) is 0 Å². The minimum atomic E-state index is 0.0324. The number of rotatable bonds is 5. The third-order valence-electron chi connectivity index (χ3n) is 4.34. The van der Waals surface area contributed by atoms with E-state index < -0.39 is 0 Å². The van der Waals surface area contributed by atoms with Crippen LogP contribution in [-0.4, -0.2) is 30.4 Å². The van der Waals surface area contributed by atoms with Crippen LogP contribution in [0.3, 0.4) is 0 Å². The van der Waals surface area contributed by atoms with Gasteiger partial charge in [-0.3, -0.25) is 9.69 Å².